The summed E-state index contributed by atoms with van der Waals surface area (Å²) in [5.41, 5.74) is 2.85. The molecule has 2 nitrogen and oxygen atoms in total. The van der Waals surface area contributed by atoms with E-state index in [4.69, 9.17) is 9.16 Å². The normalized spacial score (nSPS) is 12.5. The standard InChI is InChI=1S/C21H34O2Si/c1-17(2)24(18(3)4,19(5)6)23-20(7)12-11-15-22-16-21-13-9-8-10-14-21/h8-14,17-19H,7,15-16H2,1-6H3/b12-11+. The van der Waals surface area contributed by atoms with E-state index < -0.39 is 8.32 Å². The Balaban J connectivity index is 2.53. The summed E-state index contributed by atoms with van der Waals surface area (Å²) >= 11 is 0. The molecule has 0 bridgehead atoms. The van der Waals surface area contributed by atoms with Gasteiger partial charge >= 0.3 is 0 Å². The molecule has 0 aliphatic carbocycles. The highest BCUT2D eigenvalue weighted by atomic mass is 28.4. The molecule has 0 radical (unpaired) electrons. The molecule has 0 amide bonds. The Bertz CT molecular complexity index is 496. The fourth-order valence-electron chi connectivity index (χ4n) is 3.61. The smallest absolute Gasteiger partial charge is 0.258 e. The van der Waals surface area contributed by atoms with Gasteiger partial charge in [0, 0.05) is 0 Å². The minimum Gasteiger partial charge on any atom is -0.543 e. The van der Waals surface area contributed by atoms with Gasteiger partial charge in [0.25, 0.3) is 8.32 Å². The quantitative estimate of drug-likeness (QED) is 0.209. The molecule has 0 fully saturated rings. The van der Waals surface area contributed by atoms with Crippen LogP contribution < -0.4 is 0 Å². The first kappa shape index (κ1) is 20.7. The summed E-state index contributed by atoms with van der Waals surface area (Å²) in [4.78, 5) is 0. The van der Waals surface area contributed by atoms with Gasteiger partial charge in [-0.25, -0.2) is 0 Å². The van der Waals surface area contributed by atoms with E-state index in [1.54, 1.807) is 0 Å². The molecule has 0 spiro atoms. The van der Waals surface area contributed by atoms with Crippen molar-refractivity contribution in [3.8, 4) is 0 Å². The number of hydrogen-bond acceptors (Lipinski definition) is 2. The maximum absolute atomic E-state index is 6.49. The van der Waals surface area contributed by atoms with Gasteiger partial charge in [-0.15, -0.1) is 0 Å². The number of ether oxygens (including phenoxy) is 1. The maximum Gasteiger partial charge on any atom is 0.258 e. The van der Waals surface area contributed by atoms with Gasteiger partial charge in [-0.3, -0.25) is 0 Å². The Labute approximate surface area is 149 Å². The van der Waals surface area contributed by atoms with Crippen molar-refractivity contribution in [3.63, 3.8) is 0 Å². The topological polar surface area (TPSA) is 18.5 Å². The predicted molar refractivity (Wildman–Crippen MR) is 107 cm³/mol. The van der Waals surface area contributed by atoms with E-state index in [0.717, 1.165) is 5.76 Å². The largest absolute Gasteiger partial charge is 0.543 e. The van der Waals surface area contributed by atoms with Gasteiger partial charge in [0.05, 0.1) is 19.0 Å². The molecule has 1 aromatic rings. The molecule has 0 saturated carbocycles. The van der Waals surface area contributed by atoms with Crippen LogP contribution in [0.4, 0.5) is 0 Å². The van der Waals surface area contributed by atoms with Gasteiger partial charge in [-0.1, -0.05) is 84.5 Å². The highest BCUT2D eigenvalue weighted by Gasteiger charge is 2.46. The van der Waals surface area contributed by atoms with Gasteiger partial charge in [0.2, 0.25) is 0 Å². The zero-order valence-electron chi connectivity index (χ0n) is 16.2. The summed E-state index contributed by atoms with van der Waals surface area (Å²) in [6.45, 7) is 19.0. The van der Waals surface area contributed by atoms with Crippen LogP contribution in [0.3, 0.4) is 0 Å². The van der Waals surface area contributed by atoms with Gasteiger partial charge in [-0.2, -0.15) is 0 Å². The average molecular weight is 347 g/mol. The molecule has 24 heavy (non-hydrogen) atoms. The second-order valence-electron chi connectivity index (χ2n) is 7.29. The summed E-state index contributed by atoms with van der Waals surface area (Å²) in [6.07, 6.45) is 3.95. The first-order valence-electron chi connectivity index (χ1n) is 8.96. The summed E-state index contributed by atoms with van der Waals surface area (Å²) in [7, 11) is -1.90. The molecule has 0 aromatic heterocycles. The average Bonchev–Trinajstić information content (AvgIpc) is 2.52. The Morgan fingerprint density at radius 2 is 1.54 bits per heavy atom. The van der Waals surface area contributed by atoms with Crippen molar-refractivity contribution in [1.82, 2.24) is 0 Å². The molecule has 0 saturated heterocycles. The van der Waals surface area contributed by atoms with E-state index in [1.165, 1.54) is 5.56 Å². The number of benzene rings is 1. The minimum atomic E-state index is -1.90. The van der Waals surface area contributed by atoms with Gasteiger partial charge in [0.1, 0.15) is 0 Å². The molecular weight excluding hydrogens is 312 g/mol. The van der Waals surface area contributed by atoms with E-state index in [1.807, 2.05) is 30.4 Å². The summed E-state index contributed by atoms with van der Waals surface area (Å²) in [6, 6.07) is 10.2. The van der Waals surface area contributed by atoms with Crippen molar-refractivity contribution in [2.75, 3.05) is 6.61 Å². The van der Waals surface area contributed by atoms with E-state index in [-0.39, 0.29) is 0 Å². The molecule has 3 heteroatoms. The zero-order valence-corrected chi connectivity index (χ0v) is 17.2. The predicted octanol–water partition coefficient (Wildman–Crippen LogP) is 6.47. The monoisotopic (exact) mass is 346 g/mol. The van der Waals surface area contributed by atoms with Gasteiger partial charge in [0.15, 0.2) is 0 Å². The van der Waals surface area contributed by atoms with E-state index in [0.29, 0.717) is 29.8 Å². The summed E-state index contributed by atoms with van der Waals surface area (Å²) in [5, 5.41) is 0. The van der Waals surface area contributed by atoms with E-state index in [2.05, 4.69) is 60.3 Å². The molecule has 1 aromatic carbocycles. The van der Waals surface area contributed by atoms with Crippen LogP contribution in [0.2, 0.25) is 16.6 Å². The molecule has 0 aliphatic rings. The lowest BCUT2D eigenvalue weighted by atomic mass is 10.2. The second-order valence-corrected chi connectivity index (χ2v) is 12.7. The molecule has 0 N–H and O–H groups in total. The SMILES string of the molecule is C=C(/C=C/COCc1ccccc1)O[Si](C(C)C)(C(C)C)C(C)C. The lowest BCUT2D eigenvalue weighted by Gasteiger charge is -2.42. The van der Waals surface area contributed by atoms with Crippen LogP contribution in [-0.4, -0.2) is 14.9 Å². The molecule has 0 aliphatic heterocycles. The second kappa shape index (κ2) is 9.85. The molecule has 0 heterocycles. The molecular formula is C21H34O2Si. The molecule has 134 valence electrons. The number of rotatable bonds is 10. The van der Waals surface area contributed by atoms with Crippen LogP contribution in [0, 0.1) is 0 Å². The van der Waals surface area contributed by atoms with E-state index >= 15 is 0 Å². The van der Waals surface area contributed by atoms with Crippen LogP contribution in [0.25, 0.3) is 0 Å². The van der Waals surface area contributed by atoms with Crippen molar-refractivity contribution in [1.29, 1.82) is 0 Å². The molecule has 0 atom stereocenters. The fraction of sp³-hybridized carbons (Fsp3) is 0.524. The van der Waals surface area contributed by atoms with Crippen LogP contribution >= 0.6 is 0 Å². The highest BCUT2D eigenvalue weighted by Crippen LogP contribution is 2.43. The lowest BCUT2D eigenvalue weighted by molar-refractivity contribution is 0.148. The Morgan fingerprint density at radius 3 is 2.04 bits per heavy atom. The fourth-order valence-corrected chi connectivity index (χ4v) is 8.84. The van der Waals surface area contributed by atoms with Gasteiger partial charge < -0.3 is 9.16 Å². The number of allylic oxidation sites excluding steroid dienone is 1. The van der Waals surface area contributed by atoms with Crippen molar-refractivity contribution >= 4 is 8.32 Å². The Kier molecular flexibility index (Phi) is 8.50. The highest BCUT2D eigenvalue weighted by molar-refractivity contribution is 6.77. The lowest BCUT2D eigenvalue weighted by Crippen LogP contribution is -2.47. The van der Waals surface area contributed by atoms with Crippen molar-refractivity contribution in [2.24, 2.45) is 0 Å². The van der Waals surface area contributed by atoms with Crippen LogP contribution in [0.15, 0.2) is 54.8 Å². The third-order valence-corrected chi connectivity index (χ3v) is 10.7. The van der Waals surface area contributed by atoms with E-state index in [9.17, 15) is 0 Å². The third-order valence-electron chi connectivity index (χ3n) is 4.64. The van der Waals surface area contributed by atoms with Crippen molar-refractivity contribution < 1.29 is 9.16 Å². The summed E-state index contributed by atoms with van der Waals surface area (Å²) < 4.78 is 12.2. The third kappa shape index (κ3) is 5.64. The Hall–Kier alpha value is -1.32. The van der Waals surface area contributed by atoms with Crippen molar-refractivity contribution in [3.05, 3.63) is 60.4 Å². The van der Waals surface area contributed by atoms with Crippen LogP contribution in [0.1, 0.15) is 47.1 Å². The zero-order chi connectivity index (χ0) is 18.2. The first-order chi connectivity index (χ1) is 11.3. The first-order valence-corrected chi connectivity index (χ1v) is 11.1. The van der Waals surface area contributed by atoms with Crippen LogP contribution in [-0.2, 0) is 15.8 Å². The Morgan fingerprint density at radius 1 is 1.00 bits per heavy atom. The molecule has 1 rings (SSSR count). The minimum absolute atomic E-state index is 0.553. The van der Waals surface area contributed by atoms with Crippen LogP contribution in [0.5, 0.6) is 0 Å². The number of hydrogen-bond donors (Lipinski definition) is 0. The maximum atomic E-state index is 6.49. The van der Waals surface area contributed by atoms with Crippen molar-refractivity contribution in [2.45, 2.75) is 64.8 Å². The summed E-state index contributed by atoms with van der Waals surface area (Å²) in [5.74, 6) is 0.765. The molecule has 0 unspecified atom stereocenters. The van der Waals surface area contributed by atoms with Gasteiger partial charge in [-0.05, 0) is 28.3 Å².